The van der Waals surface area contributed by atoms with Crippen LogP contribution < -0.4 is 5.32 Å². The molecule has 3 nitrogen and oxygen atoms in total. The number of thiophene rings is 1. The van der Waals surface area contributed by atoms with Gasteiger partial charge in [0.25, 0.3) is 0 Å². The lowest BCUT2D eigenvalue weighted by Crippen LogP contribution is -2.16. The minimum atomic E-state index is 0.342. The maximum absolute atomic E-state index is 6.34. The van der Waals surface area contributed by atoms with Gasteiger partial charge in [0.05, 0.1) is 16.1 Å². The van der Waals surface area contributed by atoms with E-state index in [0.717, 1.165) is 35.4 Å². The van der Waals surface area contributed by atoms with Gasteiger partial charge in [0.1, 0.15) is 5.69 Å². The first-order valence-electron chi connectivity index (χ1n) is 8.04. The first-order valence-corrected chi connectivity index (χ1v) is 9.23. The van der Waals surface area contributed by atoms with Crippen molar-refractivity contribution in [1.82, 2.24) is 9.97 Å². The van der Waals surface area contributed by atoms with Gasteiger partial charge in [-0.2, -0.15) is 0 Å². The van der Waals surface area contributed by atoms with Crippen LogP contribution >= 0.6 is 22.9 Å². The van der Waals surface area contributed by atoms with E-state index in [9.17, 15) is 0 Å². The Morgan fingerprint density at radius 1 is 1.43 bits per heavy atom. The zero-order valence-corrected chi connectivity index (χ0v) is 15.8. The summed E-state index contributed by atoms with van der Waals surface area (Å²) in [5.74, 6) is 0.633. The normalized spacial score (nSPS) is 12.2. The first kappa shape index (κ1) is 18.0. The zero-order valence-electron chi connectivity index (χ0n) is 14.2. The maximum atomic E-state index is 6.34. The van der Waals surface area contributed by atoms with E-state index in [0.29, 0.717) is 17.0 Å². The third-order valence-corrected chi connectivity index (χ3v) is 5.23. The number of aryl methyl sites for hydroxylation is 1. The Kier molecular flexibility index (Phi) is 6.19. The highest BCUT2D eigenvalue weighted by Crippen LogP contribution is 2.37. The van der Waals surface area contributed by atoms with Gasteiger partial charge in [-0.15, -0.1) is 11.3 Å². The summed E-state index contributed by atoms with van der Waals surface area (Å²) in [4.78, 5) is 11.3. The number of nitrogens with zero attached hydrogens (tertiary/aromatic N) is 2. The Balaban J connectivity index is 2.37. The lowest BCUT2D eigenvalue weighted by molar-refractivity contribution is 0.684. The van der Waals surface area contributed by atoms with Crippen molar-refractivity contribution in [2.45, 2.75) is 53.0 Å². The minimum absolute atomic E-state index is 0.342. The predicted octanol–water partition coefficient (Wildman–Crippen LogP) is 6.05. The molecule has 124 valence electrons. The molecule has 23 heavy (non-hydrogen) atoms. The highest BCUT2D eigenvalue weighted by atomic mass is 35.5. The molecule has 0 aliphatic heterocycles. The molecule has 0 saturated carbocycles. The number of halogens is 1. The third kappa shape index (κ3) is 4.33. The van der Waals surface area contributed by atoms with Crippen molar-refractivity contribution >= 4 is 34.5 Å². The van der Waals surface area contributed by atoms with E-state index < -0.39 is 0 Å². The zero-order chi connectivity index (χ0) is 17.0. The molecule has 0 radical (unpaired) electrons. The molecule has 0 aliphatic carbocycles. The highest BCUT2D eigenvalue weighted by molar-refractivity contribution is 7.15. The second-order valence-electron chi connectivity index (χ2n) is 5.81. The fourth-order valence-electron chi connectivity index (χ4n) is 2.50. The molecule has 0 aromatic carbocycles. The van der Waals surface area contributed by atoms with E-state index in [1.807, 2.05) is 6.92 Å². The van der Waals surface area contributed by atoms with Crippen LogP contribution in [-0.2, 0) is 6.42 Å². The average Bonchev–Trinajstić information content (AvgIpc) is 2.93. The Morgan fingerprint density at radius 3 is 2.74 bits per heavy atom. The summed E-state index contributed by atoms with van der Waals surface area (Å²) >= 11 is 8.07. The van der Waals surface area contributed by atoms with Gasteiger partial charge in [-0.3, -0.25) is 0 Å². The predicted molar refractivity (Wildman–Crippen MR) is 102 cm³/mol. The second-order valence-corrected chi connectivity index (χ2v) is 7.35. The Labute approximate surface area is 147 Å². The van der Waals surface area contributed by atoms with Crippen molar-refractivity contribution < 1.29 is 0 Å². The number of nitrogens with one attached hydrogen (secondary N) is 1. The molecule has 2 rings (SSSR count). The summed E-state index contributed by atoms with van der Waals surface area (Å²) in [6.07, 6.45) is 4.87. The quantitative estimate of drug-likeness (QED) is 0.660. The standard InChI is InChI=1S/C18H24ClN3S/c1-6-8-12(5)21-18-20-10-14(19)17(22-18)16-9-13(11(3)4)15(7-2)23-16/h9-10,12H,3,6-8H2,1-2,4-5H3,(H,20,21,22). The lowest BCUT2D eigenvalue weighted by atomic mass is 10.1. The summed E-state index contributed by atoms with van der Waals surface area (Å²) in [7, 11) is 0. The van der Waals surface area contributed by atoms with E-state index >= 15 is 0 Å². The van der Waals surface area contributed by atoms with Crippen molar-refractivity contribution in [1.29, 1.82) is 0 Å². The molecule has 2 aromatic rings. The largest absolute Gasteiger partial charge is 0.352 e. The summed E-state index contributed by atoms with van der Waals surface area (Å²) in [6, 6.07) is 2.48. The molecule has 0 spiro atoms. The Hall–Kier alpha value is -1.39. The van der Waals surface area contributed by atoms with Gasteiger partial charge >= 0.3 is 0 Å². The Bertz CT molecular complexity index is 694. The molecule has 5 heteroatoms. The number of hydrogen-bond acceptors (Lipinski definition) is 4. The molecular formula is C18H24ClN3S. The number of anilines is 1. The van der Waals surface area contributed by atoms with Crippen LogP contribution in [0.1, 0.15) is 51.0 Å². The third-order valence-electron chi connectivity index (χ3n) is 3.66. The molecule has 1 unspecified atom stereocenters. The molecule has 2 heterocycles. The Morgan fingerprint density at radius 2 is 2.17 bits per heavy atom. The second kappa shape index (κ2) is 7.93. The molecule has 0 fully saturated rings. The average molecular weight is 350 g/mol. The van der Waals surface area contributed by atoms with E-state index in [2.05, 4.69) is 48.7 Å². The molecule has 0 saturated heterocycles. The molecular weight excluding hydrogens is 326 g/mol. The van der Waals surface area contributed by atoms with E-state index in [1.165, 1.54) is 10.4 Å². The lowest BCUT2D eigenvalue weighted by Gasteiger charge is -2.13. The van der Waals surface area contributed by atoms with Crippen molar-refractivity contribution in [2.24, 2.45) is 0 Å². The monoisotopic (exact) mass is 349 g/mol. The van der Waals surface area contributed by atoms with Crippen LogP contribution in [0.3, 0.4) is 0 Å². The highest BCUT2D eigenvalue weighted by Gasteiger charge is 2.15. The van der Waals surface area contributed by atoms with Gasteiger partial charge in [0, 0.05) is 10.9 Å². The van der Waals surface area contributed by atoms with Crippen LogP contribution in [0.2, 0.25) is 5.02 Å². The van der Waals surface area contributed by atoms with Gasteiger partial charge in [-0.1, -0.05) is 38.4 Å². The SMILES string of the molecule is C=C(C)c1cc(-c2nc(NC(C)CCC)ncc2Cl)sc1CC. The molecule has 2 aromatic heterocycles. The molecule has 1 N–H and O–H groups in total. The van der Waals surface area contributed by atoms with Crippen LogP contribution in [0.5, 0.6) is 0 Å². The van der Waals surface area contributed by atoms with Crippen LogP contribution in [0, 0.1) is 0 Å². The number of hydrogen-bond donors (Lipinski definition) is 1. The first-order chi connectivity index (χ1) is 11.0. The van der Waals surface area contributed by atoms with Crippen molar-refractivity contribution in [3.63, 3.8) is 0 Å². The topological polar surface area (TPSA) is 37.8 Å². The van der Waals surface area contributed by atoms with E-state index in [4.69, 9.17) is 11.6 Å². The smallest absolute Gasteiger partial charge is 0.223 e. The van der Waals surface area contributed by atoms with Crippen LogP contribution in [0.15, 0.2) is 18.8 Å². The van der Waals surface area contributed by atoms with Gasteiger partial charge < -0.3 is 5.32 Å². The van der Waals surface area contributed by atoms with Crippen molar-refractivity contribution in [3.8, 4) is 10.6 Å². The van der Waals surface area contributed by atoms with Crippen molar-refractivity contribution in [2.75, 3.05) is 5.32 Å². The molecule has 0 amide bonds. The maximum Gasteiger partial charge on any atom is 0.223 e. The fraction of sp³-hybridized carbons (Fsp3) is 0.444. The van der Waals surface area contributed by atoms with Gasteiger partial charge in [0.15, 0.2) is 0 Å². The van der Waals surface area contributed by atoms with E-state index in [1.54, 1.807) is 17.5 Å². The summed E-state index contributed by atoms with van der Waals surface area (Å²) in [5.41, 5.74) is 3.07. The van der Waals surface area contributed by atoms with Crippen LogP contribution in [-0.4, -0.2) is 16.0 Å². The molecule has 0 aliphatic rings. The van der Waals surface area contributed by atoms with Crippen LogP contribution in [0.4, 0.5) is 5.95 Å². The molecule has 1 atom stereocenters. The van der Waals surface area contributed by atoms with E-state index in [-0.39, 0.29) is 0 Å². The number of aromatic nitrogens is 2. The van der Waals surface area contributed by atoms with Gasteiger partial charge in [-0.05, 0) is 43.9 Å². The summed E-state index contributed by atoms with van der Waals surface area (Å²) < 4.78 is 0. The summed E-state index contributed by atoms with van der Waals surface area (Å²) in [5, 5.41) is 3.92. The summed E-state index contributed by atoms with van der Waals surface area (Å²) in [6.45, 7) is 12.6. The van der Waals surface area contributed by atoms with Gasteiger partial charge in [-0.25, -0.2) is 9.97 Å². The fourth-order valence-corrected chi connectivity index (χ4v) is 3.94. The number of allylic oxidation sites excluding steroid dienone is 1. The minimum Gasteiger partial charge on any atom is -0.352 e. The van der Waals surface area contributed by atoms with Crippen molar-refractivity contribution in [3.05, 3.63) is 34.3 Å². The number of rotatable bonds is 7. The molecule has 0 bridgehead atoms. The van der Waals surface area contributed by atoms with Gasteiger partial charge in [0.2, 0.25) is 5.95 Å². The van der Waals surface area contributed by atoms with Crippen LogP contribution in [0.25, 0.3) is 16.1 Å².